The van der Waals surface area contributed by atoms with E-state index in [2.05, 4.69) is 30.0 Å². The summed E-state index contributed by atoms with van der Waals surface area (Å²) in [6.07, 6.45) is 1.57. The second kappa shape index (κ2) is 4.18. The monoisotopic (exact) mass is 223 g/mol. The molecule has 1 saturated heterocycles. The summed E-state index contributed by atoms with van der Waals surface area (Å²) in [6, 6.07) is 2.08. The van der Waals surface area contributed by atoms with Gasteiger partial charge in [0.05, 0.1) is 11.3 Å². The molecular formula is C12H21N3O. The van der Waals surface area contributed by atoms with Crippen LogP contribution in [0.2, 0.25) is 0 Å². The molecule has 0 spiro atoms. The van der Waals surface area contributed by atoms with Gasteiger partial charge in [-0.3, -0.25) is 4.68 Å². The van der Waals surface area contributed by atoms with E-state index in [1.165, 1.54) is 0 Å². The fourth-order valence-electron chi connectivity index (χ4n) is 2.56. The molecule has 1 unspecified atom stereocenters. The van der Waals surface area contributed by atoms with Crippen LogP contribution in [0, 0.1) is 6.92 Å². The summed E-state index contributed by atoms with van der Waals surface area (Å²) in [5, 5.41) is 14.9. The van der Waals surface area contributed by atoms with Crippen LogP contribution >= 0.6 is 0 Å². The summed E-state index contributed by atoms with van der Waals surface area (Å²) in [7, 11) is 2.06. The molecule has 4 nitrogen and oxygen atoms in total. The van der Waals surface area contributed by atoms with Gasteiger partial charge in [-0.25, -0.2) is 0 Å². The van der Waals surface area contributed by atoms with Gasteiger partial charge in [0, 0.05) is 31.7 Å². The molecule has 0 aromatic carbocycles. The Morgan fingerprint density at radius 2 is 2.31 bits per heavy atom. The molecule has 1 fully saturated rings. The Labute approximate surface area is 96.9 Å². The molecule has 0 saturated carbocycles. The molecule has 1 aliphatic rings. The van der Waals surface area contributed by atoms with E-state index in [0.717, 1.165) is 37.4 Å². The molecule has 1 aromatic rings. The van der Waals surface area contributed by atoms with Crippen molar-refractivity contribution < 1.29 is 5.11 Å². The van der Waals surface area contributed by atoms with Crippen molar-refractivity contribution in [2.24, 2.45) is 0 Å². The topological polar surface area (TPSA) is 41.3 Å². The summed E-state index contributed by atoms with van der Waals surface area (Å²) in [4.78, 5) is 2.18. The van der Waals surface area contributed by atoms with Gasteiger partial charge in [0.1, 0.15) is 0 Å². The van der Waals surface area contributed by atoms with Gasteiger partial charge in [-0.2, -0.15) is 5.10 Å². The van der Waals surface area contributed by atoms with Crippen molar-refractivity contribution in [2.45, 2.75) is 38.8 Å². The van der Waals surface area contributed by atoms with Crippen molar-refractivity contribution in [3.8, 4) is 0 Å². The van der Waals surface area contributed by atoms with Crippen LogP contribution in [0.15, 0.2) is 6.07 Å². The van der Waals surface area contributed by atoms with Gasteiger partial charge in [-0.05, 0) is 33.4 Å². The number of likely N-dealkylation sites (N-methyl/N-ethyl adjacent to an activating group) is 1. The highest BCUT2D eigenvalue weighted by atomic mass is 16.3. The van der Waals surface area contributed by atoms with Gasteiger partial charge in [0.15, 0.2) is 0 Å². The minimum Gasteiger partial charge on any atom is -0.388 e. The number of rotatable bonds is 3. The van der Waals surface area contributed by atoms with Crippen LogP contribution in [0.25, 0.3) is 0 Å². The van der Waals surface area contributed by atoms with Gasteiger partial charge in [-0.1, -0.05) is 0 Å². The summed E-state index contributed by atoms with van der Waals surface area (Å²) in [5.41, 5.74) is 1.62. The second-order valence-corrected chi connectivity index (χ2v) is 4.98. The number of hydrogen-bond acceptors (Lipinski definition) is 3. The molecule has 2 heterocycles. The SMILES string of the molecule is CCn1nc(C)cc1CC1(O)CCN(C)C1. The Hall–Kier alpha value is -0.870. The van der Waals surface area contributed by atoms with Crippen LogP contribution in [0.1, 0.15) is 24.7 Å². The van der Waals surface area contributed by atoms with E-state index in [-0.39, 0.29) is 0 Å². The quantitative estimate of drug-likeness (QED) is 0.825. The largest absolute Gasteiger partial charge is 0.388 e. The molecule has 1 aromatic heterocycles. The summed E-state index contributed by atoms with van der Waals surface area (Å²) in [5.74, 6) is 0. The first kappa shape index (κ1) is 11.6. The molecule has 0 radical (unpaired) electrons. The number of aromatic nitrogens is 2. The standard InChI is InChI=1S/C12H21N3O/c1-4-15-11(7-10(2)13-15)8-12(16)5-6-14(3)9-12/h7,16H,4-6,8-9H2,1-3H3. The Morgan fingerprint density at radius 1 is 1.56 bits per heavy atom. The van der Waals surface area contributed by atoms with Crippen LogP contribution in [0.4, 0.5) is 0 Å². The summed E-state index contributed by atoms with van der Waals surface area (Å²) in [6.45, 7) is 6.70. The smallest absolute Gasteiger partial charge is 0.0841 e. The van der Waals surface area contributed by atoms with E-state index < -0.39 is 5.60 Å². The van der Waals surface area contributed by atoms with Crippen molar-refractivity contribution in [1.82, 2.24) is 14.7 Å². The van der Waals surface area contributed by atoms with Crippen LogP contribution < -0.4 is 0 Å². The Bertz CT molecular complexity index is 374. The van der Waals surface area contributed by atoms with Gasteiger partial charge in [0.25, 0.3) is 0 Å². The fraction of sp³-hybridized carbons (Fsp3) is 0.750. The van der Waals surface area contributed by atoms with E-state index in [1.54, 1.807) is 0 Å². The lowest BCUT2D eigenvalue weighted by Crippen LogP contribution is -2.35. The molecular weight excluding hydrogens is 202 g/mol. The lowest BCUT2D eigenvalue weighted by atomic mass is 9.96. The van der Waals surface area contributed by atoms with E-state index in [1.807, 2.05) is 11.6 Å². The number of hydrogen-bond donors (Lipinski definition) is 1. The van der Waals surface area contributed by atoms with Crippen LogP contribution in [0.3, 0.4) is 0 Å². The molecule has 2 rings (SSSR count). The molecule has 90 valence electrons. The van der Waals surface area contributed by atoms with Crippen LogP contribution in [0.5, 0.6) is 0 Å². The van der Waals surface area contributed by atoms with Gasteiger partial charge in [0.2, 0.25) is 0 Å². The third-order valence-electron chi connectivity index (χ3n) is 3.32. The fourth-order valence-corrected chi connectivity index (χ4v) is 2.56. The summed E-state index contributed by atoms with van der Waals surface area (Å²) < 4.78 is 1.99. The molecule has 0 bridgehead atoms. The molecule has 1 N–H and O–H groups in total. The molecule has 0 amide bonds. The first-order chi connectivity index (χ1) is 7.52. The second-order valence-electron chi connectivity index (χ2n) is 4.98. The zero-order chi connectivity index (χ0) is 11.8. The average Bonchev–Trinajstić information content (AvgIpc) is 2.70. The number of aryl methyl sites for hydroxylation is 2. The maximum Gasteiger partial charge on any atom is 0.0841 e. The number of aliphatic hydroxyl groups is 1. The minimum atomic E-state index is -0.561. The Morgan fingerprint density at radius 3 is 2.88 bits per heavy atom. The van der Waals surface area contributed by atoms with E-state index in [0.29, 0.717) is 6.42 Å². The summed E-state index contributed by atoms with van der Waals surface area (Å²) >= 11 is 0. The normalized spacial score (nSPS) is 26.5. The third kappa shape index (κ3) is 2.28. The van der Waals surface area contributed by atoms with Gasteiger partial charge >= 0.3 is 0 Å². The third-order valence-corrected chi connectivity index (χ3v) is 3.32. The van der Waals surface area contributed by atoms with E-state index in [9.17, 15) is 5.11 Å². The van der Waals surface area contributed by atoms with Crippen molar-refractivity contribution in [2.75, 3.05) is 20.1 Å². The molecule has 4 heteroatoms. The van der Waals surface area contributed by atoms with E-state index >= 15 is 0 Å². The molecule has 0 aliphatic carbocycles. The predicted molar refractivity (Wildman–Crippen MR) is 63.4 cm³/mol. The highest BCUT2D eigenvalue weighted by Crippen LogP contribution is 2.24. The zero-order valence-electron chi connectivity index (χ0n) is 10.4. The lowest BCUT2D eigenvalue weighted by molar-refractivity contribution is 0.0503. The minimum absolute atomic E-state index is 0.561. The van der Waals surface area contributed by atoms with Crippen molar-refractivity contribution in [3.05, 3.63) is 17.5 Å². The Balaban J connectivity index is 2.14. The van der Waals surface area contributed by atoms with Crippen molar-refractivity contribution in [1.29, 1.82) is 0 Å². The molecule has 1 atom stereocenters. The van der Waals surface area contributed by atoms with Gasteiger partial charge < -0.3 is 10.0 Å². The number of likely N-dealkylation sites (tertiary alicyclic amines) is 1. The number of nitrogens with zero attached hydrogens (tertiary/aromatic N) is 3. The maximum atomic E-state index is 10.5. The maximum absolute atomic E-state index is 10.5. The van der Waals surface area contributed by atoms with Crippen LogP contribution in [-0.2, 0) is 13.0 Å². The predicted octanol–water partition coefficient (Wildman–Crippen LogP) is 0.821. The molecule has 16 heavy (non-hydrogen) atoms. The highest BCUT2D eigenvalue weighted by Gasteiger charge is 2.35. The van der Waals surface area contributed by atoms with Crippen molar-refractivity contribution in [3.63, 3.8) is 0 Å². The average molecular weight is 223 g/mol. The molecule has 1 aliphatic heterocycles. The highest BCUT2D eigenvalue weighted by molar-refractivity contribution is 5.13. The Kier molecular flexibility index (Phi) is 3.04. The van der Waals surface area contributed by atoms with E-state index in [4.69, 9.17) is 0 Å². The first-order valence-corrected chi connectivity index (χ1v) is 5.97. The van der Waals surface area contributed by atoms with Crippen LogP contribution in [-0.4, -0.2) is 45.5 Å². The van der Waals surface area contributed by atoms with Gasteiger partial charge in [-0.15, -0.1) is 0 Å². The number of β-amino-alcohol motifs (C(OH)–C–C–N with tert-alkyl or cyclic N) is 1. The zero-order valence-corrected chi connectivity index (χ0v) is 10.4. The van der Waals surface area contributed by atoms with Crippen molar-refractivity contribution >= 4 is 0 Å². The first-order valence-electron chi connectivity index (χ1n) is 5.97. The lowest BCUT2D eigenvalue weighted by Gasteiger charge is -2.22.